The van der Waals surface area contributed by atoms with Crippen LogP contribution in [-0.2, 0) is 6.61 Å². The third kappa shape index (κ3) is 3.38. The number of fused-ring (bicyclic) bond motifs is 1. The van der Waals surface area contributed by atoms with E-state index >= 15 is 0 Å². The van der Waals surface area contributed by atoms with Crippen LogP contribution in [-0.4, -0.2) is 29.6 Å². The molecule has 0 unspecified atom stereocenters. The van der Waals surface area contributed by atoms with Crippen LogP contribution in [0, 0.1) is 5.82 Å². The van der Waals surface area contributed by atoms with Gasteiger partial charge in [-0.05, 0) is 48.0 Å². The number of imidazole rings is 1. The molecular weight excluding hydrogens is 395 g/mol. The number of aliphatic hydroxyl groups is 1. The van der Waals surface area contributed by atoms with Crippen LogP contribution in [0.3, 0.4) is 0 Å². The summed E-state index contributed by atoms with van der Waals surface area (Å²) >= 11 is 0. The maximum absolute atomic E-state index is 13.3. The number of rotatable bonds is 4. The number of halogens is 1. The van der Waals surface area contributed by atoms with Crippen molar-refractivity contribution in [1.82, 2.24) is 24.5 Å². The first-order chi connectivity index (χ1) is 15.1. The molecule has 0 amide bonds. The zero-order valence-electron chi connectivity index (χ0n) is 16.3. The Morgan fingerprint density at radius 3 is 2.52 bits per heavy atom. The molecule has 31 heavy (non-hydrogen) atoms. The molecule has 0 aliphatic heterocycles. The highest BCUT2D eigenvalue weighted by Gasteiger charge is 2.18. The molecule has 152 valence electrons. The number of pyridine rings is 3. The Kier molecular flexibility index (Phi) is 4.61. The van der Waals surface area contributed by atoms with E-state index in [-0.39, 0.29) is 6.61 Å². The highest BCUT2D eigenvalue weighted by Crippen LogP contribution is 2.32. The molecule has 7 nitrogen and oxygen atoms in total. The van der Waals surface area contributed by atoms with Crippen LogP contribution in [0.25, 0.3) is 39.5 Å². The van der Waals surface area contributed by atoms with Crippen molar-refractivity contribution in [2.75, 3.05) is 5.73 Å². The van der Waals surface area contributed by atoms with Crippen molar-refractivity contribution in [2.24, 2.45) is 0 Å². The normalized spacial score (nSPS) is 11.2. The summed E-state index contributed by atoms with van der Waals surface area (Å²) in [4.78, 5) is 17.6. The van der Waals surface area contributed by atoms with Gasteiger partial charge < -0.3 is 10.8 Å². The zero-order chi connectivity index (χ0) is 21.4. The summed E-state index contributed by atoms with van der Waals surface area (Å²) in [5.41, 5.74) is 11.0. The van der Waals surface area contributed by atoms with E-state index in [1.807, 2.05) is 41.0 Å². The molecule has 1 aromatic carbocycles. The standard InChI is InChI=1S/C23H17FN6O/c24-16-5-8-19(27-12-16)15-10-20-22(28-11-15)29-23(18-2-1-9-26-21(18)25)30(20)17-6-3-14(13-31)4-7-17/h1-12,31H,13H2,(H2,25,26). The van der Waals surface area contributed by atoms with Crippen molar-refractivity contribution in [2.45, 2.75) is 6.61 Å². The summed E-state index contributed by atoms with van der Waals surface area (Å²) < 4.78 is 15.2. The minimum absolute atomic E-state index is 0.0463. The van der Waals surface area contributed by atoms with Crippen LogP contribution in [0.15, 0.2) is 73.2 Å². The van der Waals surface area contributed by atoms with E-state index in [1.54, 1.807) is 24.5 Å². The fourth-order valence-electron chi connectivity index (χ4n) is 3.45. The summed E-state index contributed by atoms with van der Waals surface area (Å²) in [7, 11) is 0. The first-order valence-corrected chi connectivity index (χ1v) is 9.55. The molecule has 0 atom stereocenters. The van der Waals surface area contributed by atoms with Gasteiger partial charge in [0.1, 0.15) is 11.6 Å². The molecule has 5 rings (SSSR count). The lowest BCUT2D eigenvalue weighted by Gasteiger charge is -2.11. The lowest BCUT2D eigenvalue weighted by Crippen LogP contribution is -2.01. The summed E-state index contributed by atoms with van der Waals surface area (Å²) in [6.45, 7) is -0.0463. The third-order valence-electron chi connectivity index (χ3n) is 4.99. The molecule has 3 N–H and O–H groups in total. The van der Waals surface area contributed by atoms with E-state index in [0.717, 1.165) is 22.3 Å². The topological polar surface area (TPSA) is 103 Å². The van der Waals surface area contributed by atoms with E-state index in [9.17, 15) is 9.50 Å². The summed E-state index contributed by atoms with van der Waals surface area (Å²) in [6, 6.07) is 16.0. The predicted octanol–water partition coefficient (Wildman–Crippen LogP) is 3.76. The Bertz CT molecular complexity index is 1380. The molecule has 0 aliphatic rings. The number of hydrogen-bond acceptors (Lipinski definition) is 6. The van der Waals surface area contributed by atoms with Gasteiger partial charge in [0, 0.05) is 23.6 Å². The summed E-state index contributed by atoms with van der Waals surface area (Å²) in [5.74, 6) is 0.543. The Labute approximate surface area is 176 Å². The van der Waals surface area contributed by atoms with Gasteiger partial charge in [0.2, 0.25) is 0 Å². The average molecular weight is 412 g/mol. The number of nitrogen functional groups attached to an aromatic ring is 1. The van der Waals surface area contributed by atoms with Crippen LogP contribution in [0.4, 0.5) is 10.2 Å². The Morgan fingerprint density at radius 2 is 1.81 bits per heavy atom. The molecule has 8 heteroatoms. The molecule has 4 heterocycles. The van der Waals surface area contributed by atoms with Crippen molar-refractivity contribution in [3.63, 3.8) is 0 Å². The fourth-order valence-corrected chi connectivity index (χ4v) is 3.45. The minimum atomic E-state index is -0.402. The molecule has 0 radical (unpaired) electrons. The lowest BCUT2D eigenvalue weighted by molar-refractivity contribution is 0.282. The molecule has 0 fully saturated rings. The van der Waals surface area contributed by atoms with Crippen molar-refractivity contribution >= 4 is 17.0 Å². The van der Waals surface area contributed by atoms with E-state index in [0.29, 0.717) is 28.5 Å². The van der Waals surface area contributed by atoms with Crippen LogP contribution in [0.1, 0.15) is 5.56 Å². The fraction of sp³-hybridized carbons (Fsp3) is 0.0435. The second-order valence-corrected chi connectivity index (χ2v) is 6.96. The van der Waals surface area contributed by atoms with Gasteiger partial charge in [-0.1, -0.05) is 12.1 Å². The van der Waals surface area contributed by atoms with E-state index in [4.69, 9.17) is 10.7 Å². The van der Waals surface area contributed by atoms with Gasteiger partial charge in [-0.2, -0.15) is 0 Å². The second-order valence-electron chi connectivity index (χ2n) is 6.96. The number of anilines is 1. The summed E-state index contributed by atoms with van der Waals surface area (Å²) in [5, 5.41) is 9.39. The smallest absolute Gasteiger partial charge is 0.178 e. The van der Waals surface area contributed by atoms with Gasteiger partial charge in [0.25, 0.3) is 0 Å². The van der Waals surface area contributed by atoms with Crippen LogP contribution >= 0.6 is 0 Å². The zero-order valence-corrected chi connectivity index (χ0v) is 16.3. The molecule has 0 saturated heterocycles. The number of nitrogens with zero attached hydrogens (tertiary/aromatic N) is 5. The van der Waals surface area contributed by atoms with Gasteiger partial charge in [0.05, 0.1) is 29.6 Å². The van der Waals surface area contributed by atoms with Crippen LogP contribution in [0.5, 0.6) is 0 Å². The van der Waals surface area contributed by atoms with Gasteiger partial charge in [-0.15, -0.1) is 0 Å². The molecule has 0 bridgehead atoms. The maximum atomic E-state index is 13.3. The van der Waals surface area contributed by atoms with Gasteiger partial charge in [-0.3, -0.25) is 9.55 Å². The van der Waals surface area contributed by atoms with Crippen molar-refractivity contribution in [3.8, 4) is 28.3 Å². The third-order valence-corrected chi connectivity index (χ3v) is 4.99. The van der Waals surface area contributed by atoms with Crippen molar-refractivity contribution < 1.29 is 9.50 Å². The van der Waals surface area contributed by atoms with Crippen LogP contribution in [0.2, 0.25) is 0 Å². The highest BCUT2D eigenvalue weighted by molar-refractivity contribution is 5.85. The molecular formula is C23H17FN6O. The van der Waals surface area contributed by atoms with Crippen molar-refractivity contribution in [3.05, 3.63) is 84.6 Å². The largest absolute Gasteiger partial charge is 0.392 e. The summed E-state index contributed by atoms with van der Waals surface area (Å²) in [6.07, 6.45) is 4.45. The Morgan fingerprint density at radius 1 is 0.968 bits per heavy atom. The Hall–Kier alpha value is -4.17. The minimum Gasteiger partial charge on any atom is -0.392 e. The maximum Gasteiger partial charge on any atom is 0.178 e. The predicted molar refractivity (Wildman–Crippen MR) is 116 cm³/mol. The molecule has 0 spiro atoms. The van der Waals surface area contributed by atoms with E-state index in [1.165, 1.54) is 12.3 Å². The quantitative estimate of drug-likeness (QED) is 0.466. The monoisotopic (exact) mass is 412 g/mol. The molecule has 5 aromatic rings. The number of aromatic nitrogens is 5. The van der Waals surface area contributed by atoms with Gasteiger partial charge in [-0.25, -0.2) is 19.3 Å². The number of aliphatic hydroxyl groups excluding tert-OH is 1. The van der Waals surface area contributed by atoms with E-state index in [2.05, 4.69) is 15.0 Å². The molecule has 0 saturated carbocycles. The Balaban J connectivity index is 1.77. The van der Waals surface area contributed by atoms with Gasteiger partial charge in [0.15, 0.2) is 11.5 Å². The number of hydrogen-bond donors (Lipinski definition) is 2. The number of benzene rings is 1. The second kappa shape index (κ2) is 7.58. The van der Waals surface area contributed by atoms with Crippen molar-refractivity contribution in [1.29, 1.82) is 0 Å². The SMILES string of the molecule is Nc1ncccc1-c1nc2ncc(-c3ccc(F)cn3)cc2n1-c1ccc(CO)cc1. The molecule has 0 aliphatic carbocycles. The van der Waals surface area contributed by atoms with Gasteiger partial charge >= 0.3 is 0 Å². The van der Waals surface area contributed by atoms with Crippen LogP contribution < -0.4 is 5.73 Å². The lowest BCUT2D eigenvalue weighted by atomic mass is 10.1. The number of nitrogens with two attached hydrogens (primary N) is 1. The van der Waals surface area contributed by atoms with E-state index < -0.39 is 5.82 Å². The first-order valence-electron chi connectivity index (χ1n) is 9.55. The first kappa shape index (κ1) is 18.8. The highest BCUT2D eigenvalue weighted by atomic mass is 19.1. The average Bonchev–Trinajstić information content (AvgIpc) is 3.18. The molecule has 4 aromatic heterocycles.